The van der Waals surface area contributed by atoms with Crippen LogP contribution < -0.4 is 0 Å². The molecule has 0 aromatic heterocycles. The predicted molar refractivity (Wildman–Crippen MR) is 92.7 cm³/mol. The molecule has 0 bridgehead atoms. The van der Waals surface area contributed by atoms with Gasteiger partial charge < -0.3 is 9.84 Å². The second kappa shape index (κ2) is 9.81. The van der Waals surface area contributed by atoms with E-state index in [1.165, 1.54) is 11.1 Å². The molecular weight excluding hydrogens is 286 g/mol. The Hall–Kier alpha value is -2.12. The first kappa shape index (κ1) is 17.2. The molecule has 0 saturated heterocycles. The maximum Gasteiger partial charge on any atom is 0.107 e. The van der Waals surface area contributed by atoms with Gasteiger partial charge in [0.25, 0.3) is 0 Å². The van der Waals surface area contributed by atoms with Crippen molar-refractivity contribution in [1.29, 1.82) is 0 Å². The third-order valence-electron chi connectivity index (χ3n) is 3.46. The molecule has 1 N–H and O–H groups in total. The van der Waals surface area contributed by atoms with Gasteiger partial charge in [0.15, 0.2) is 0 Å². The summed E-state index contributed by atoms with van der Waals surface area (Å²) < 4.78 is 5.23. The minimum absolute atomic E-state index is 0.231. The first-order valence-corrected chi connectivity index (χ1v) is 7.77. The highest BCUT2D eigenvalue weighted by Gasteiger charge is 2.13. The number of hydrogen-bond donors (Lipinski definition) is 1. The lowest BCUT2D eigenvalue weighted by molar-refractivity contribution is 0.0243. The van der Waals surface area contributed by atoms with Crippen LogP contribution in [-0.4, -0.2) is 35.9 Å². The number of hydrogen-bond acceptors (Lipinski definition) is 3. The van der Waals surface area contributed by atoms with Crippen molar-refractivity contribution in [3.05, 3.63) is 71.8 Å². The lowest BCUT2D eigenvalue weighted by Gasteiger charge is -2.25. The van der Waals surface area contributed by atoms with Gasteiger partial charge in [-0.25, -0.2) is 0 Å². The molecular formula is C20H23NO2. The van der Waals surface area contributed by atoms with Crippen LogP contribution in [0.3, 0.4) is 0 Å². The smallest absolute Gasteiger partial charge is 0.107 e. The van der Waals surface area contributed by atoms with E-state index in [0.717, 1.165) is 13.1 Å². The first-order valence-electron chi connectivity index (χ1n) is 7.77. The van der Waals surface area contributed by atoms with Crippen LogP contribution in [-0.2, 0) is 17.8 Å². The second-order valence-corrected chi connectivity index (χ2v) is 5.51. The van der Waals surface area contributed by atoms with Crippen molar-refractivity contribution in [2.75, 3.05) is 19.8 Å². The van der Waals surface area contributed by atoms with E-state index in [-0.39, 0.29) is 13.2 Å². The summed E-state index contributed by atoms with van der Waals surface area (Å²) in [7, 11) is 0. The fraction of sp³-hybridized carbons (Fsp3) is 0.300. The Labute approximate surface area is 138 Å². The number of terminal acetylenes is 1. The van der Waals surface area contributed by atoms with Crippen LogP contribution in [0.1, 0.15) is 11.1 Å². The summed E-state index contributed by atoms with van der Waals surface area (Å²) in [6.07, 6.45) is 4.59. The molecule has 0 spiro atoms. The second-order valence-electron chi connectivity index (χ2n) is 5.51. The Morgan fingerprint density at radius 3 is 1.96 bits per heavy atom. The summed E-state index contributed by atoms with van der Waals surface area (Å²) in [4.78, 5) is 2.22. The molecule has 1 atom stereocenters. The number of aliphatic hydroxyl groups is 1. The Morgan fingerprint density at radius 2 is 1.48 bits per heavy atom. The van der Waals surface area contributed by atoms with Crippen LogP contribution >= 0.6 is 0 Å². The zero-order valence-corrected chi connectivity index (χ0v) is 13.3. The number of benzene rings is 2. The van der Waals surface area contributed by atoms with Gasteiger partial charge in [0.2, 0.25) is 0 Å². The van der Waals surface area contributed by atoms with E-state index in [2.05, 4.69) is 35.1 Å². The van der Waals surface area contributed by atoms with E-state index >= 15 is 0 Å². The average molecular weight is 309 g/mol. The standard InChI is InChI=1S/C20H23NO2/c1-2-13-23-17-20(22)16-21(14-18-9-5-3-6-10-18)15-19-11-7-4-8-12-19/h1,3-12,20,22H,13-17H2/t20-/m0/s1. The van der Waals surface area contributed by atoms with Crippen molar-refractivity contribution in [2.45, 2.75) is 19.2 Å². The van der Waals surface area contributed by atoms with Crippen LogP contribution in [0.2, 0.25) is 0 Å². The maximum atomic E-state index is 10.2. The quantitative estimate of drug-likeness (QED) is 0.571. The van der Waals surface area contributed by atoms with E-state index < -0.39 is 6.10 Å². The minimum Gasteiger partial charge on any atom is -0.389 e. The maximum absolute atomic E-state index is 10.2. The summed E-state index contributed by atoms with van der Waals surface area (Å²) in [5.74, 6) is 2.41. The normalized spacial score (nSPS) is 12.0. The topological polar surface area (TPSA) is 32.7 Å². The van der Waals surface area contributed by atoms with E-state index in [1.54, 1.807) is 0 Å². The first-order chi connectivity index (χ1) is 11.3. The Bertz CT molecular complexity index is 551. The number of rotatable bonds is 9. The van der Waals surface area contributed by atoms with Crippen molar-refractivity contribution in [2.24, 2.45) is 0 Å². The molecule has 0 aliphatic rings. The molecule has 0 aliphatic carbocycles. The summed E-state index contributed by atoms with van der Waals surface area (Å²) in [6, 6.07) is 20.5. The van der Waals surface area contributed by atoms with Crippen molar-refractivity contribution in [3.63, 3.8) is 0 Å². The third-order valence-corrected chi connectivity index (χ3v) is 3.46. The molecule has 3 nitrogen and oxygen atoms in total. The van der Waals surface area contributed by atoms with Crippen molar-refractivity contribution < 1.29 is 9.84 Å². The minimum atomic E-state index is -0.559. The van der Waals surface area contributed by atoms with Gasteiger partial charge >= 0.3 is 0 Å². The molecule has 2 aromatic rings. The number of nitrogens with zero attached hydrogens (tertiary/aromatic N) is 1. The van der Waals surface area contributed by atoms with Gasteiger partial charge in [0.05, 0.1) is 12.7 Å². The summed E-state index contributed by atoms with van der Waals surface area (Å²) in [5, 5.41) is 10.2. The van der Waals surface area contributed by atoms with Gasteiger partial charge in [-0.05, 0) is 11.1 Å². The lowest BCUT2D eigenvalue weighted by atomic mass is 10.1. The van der Waals surface area contributed by atoms with Crippen LogP contribution in [0, 0.1) is 12.3 Å². The third kappa shape index (κ3) is 6.66. The van der Waals surface area contributed by atoms with Crippen LogP contribution in [0.15, 0.2) is 60.7 Å². The molecule has 2 aromatic carbocycles. The molecule has 0 aliphatic heterocycles. The van der Waals surface area contributed by atoms with Crippen LogP contribution in [0.4, 0.5) is 0 Å². The Morgan fingerprint density at radius 1 is 0.957 bits per heavy atom. The molecule has 2 rings (SSSR count). The molecule has 0 radical (unpaired) electrons. The Balaban J connectivity index is 1.97. The molecule has 3 heteroatoms. The predicted octanol–water partition coefficient (Wildman–Crippen LogP) is 2.70. The Kier molecular flexibility index (Phi) is 7.35. The molecule has 0 amide bonds. The fourth-order valence-electron chi connectivity index (χ4n) is 2.47. The molecule has 0 fully saturated rings. The van der Waals surface area contributed by atoms with Gasteiger partial charge in [-0.2, -0.15) is 0 Å². The van der Waals surface area contributed by atoms with E-state index in [0.29, 0.717) is 6.54 Å². The molecule has 23 heavy (non-hydrogen) atoms. The summed E-state index contributed by atoms with van der Waals surface area (Å²) >= 11 is 0. The van der Waals surface area contributed by atoms with Crippen molar-refractivity contribution in [1.82, 2.24) is 4.90 Å². The van der Waals surface area contributed by atoms with Crippen LogP contribution in [0.25, 0.3) is 0 Å². The molecule has 0 saturated carbocycles. The van der Waals surface area contributed by atoms with E-state index in [1.807, 2.05) is 36.4 Å². The summed E-state index contributed by atoms with van der Waals surface area (Å²) in [6.45, 7) is 2.58. The average Bonchev–Trinajstić information content (AvgIpc) is 2.57. The zero-order valence-electron chi connectivity index (χ0n) is 13.3. The lowest BCUT2D eigenvalue weighted by Crippen LogP contribution is -2.34. The number of ether oxygens (including phenoxy) is 1. The van der Waals surface area contributed by atoms with E-state index in [4.69, 9.17) is 11.2 Å². The summed E-state index contributed by atoms with van der Waals surface area (Å²) in [5.41, 5.74) is 2.44. The fourth-order valence-corrected chi connectivity index (χ4v) is 2.47. The SMILES string of the molecule is C#CCOC[C@@H](O)CN(Cc1ccccc1)Cc1ccccc1. The molecule has 120 valence electrons. The monoisotopic (exact) mass is 309 g/mol. The number of aliphatic hydroxyl groups excluding tert-OH is 1. The molecule has 0 heterocycles. The zero-order chi connectivity index (χ0) is 16.3. The van der Waals surface area contributed by atoms with Gasteiger partial charge in [-0.3, -0.25) is 4.90 Å². The largest absolute Gasteiger partial charge is 0.389 e. The van der Waals surface area contributed by atoms with Gasteiger partial charge in [0, 0.05) is 19.6 Å². The van der Waals surface area contributed by atoms with E-state index in [9.17, 15) is 5.11 Å². The molecule has 0 unspecified atom stereocenters. The highest BCUT2D eigenvalue weighted by atomic mass is 16.5. The van der Waals surface area contributed by atoms with Gasteiger partial charge in [-0.15, -0.1) is 6.42 Å². The van der Waals surface area contributed by atoms with Crippen molar-refractivity contribution >= 4 is 0 Å². The van der Waals surface area contributed by atoms with Gasteiger partial charge in [-0.1, -0.05) is 66.6 Å². The highest BCUT2D eigenvalue weighted by Crippen LogP contribution is 2.10. The highest BCUT2D eigenvalue weighted by molar-refractivity contribution is 5.17. The van der Waals surface area contributed by atoms with Crippen LogP contribution in [0.5, 0.6) is 0 Å². The van der Waals surface area contributed by atoms with Gasteiger partial charge in [0.1, 0.15) is 6.61 Å². The van der Waals surface area contributed by atoms with Crippen molar-refractivity contribution in [3.8, 4) is 12.3 Å².